The number of ether oxygens (including phenoxy) is 2. The molecule has 0 fully saturated rings. The first-order chi connectivity index (χ1) is 14.6. The maximum Gasteiger partial charge on any atom is 0.338 e. The van der Waals surface area contributed by atoms with E-state index in [4.69, 9.17) is 9.47 Å². The van der Waals surface area contributed by atoms with Crippen molar-refractivity contribution in [1.82, 2.24) is 0 Å². The van der Waals surface area contributed by atoms with Crippen LogP contribution in [0.4, 0.5) is 0 Å². The molecule has 0 saturated carbocycles. The van der Waals surface area contributed by atoms with E-state index in [1.165, 1.54) is 7.11 Å². The molecule has 1 aliphatic heterocycles. The summed E-state index contributed by atoms with van der Waals surface area (Å²) in [7, 11) is 1.34. The lowest BCUT2D eigenvalue weighted by Crippen LogP contribution is -2.29. The van der Waals surface area contributed by atoms with Crippen molar-refractivity contribution < 1.29 is 19.1 Å². The third-order valence-electron chi connectivity index (χ3n) is 5.30. The summed E-state index contributed by atoms with van der Waals surface area (Å²) >= 11 is 0. The minimum atomic E-state index is -0.862. The Morgan fingerprint density at radius 2 is 1.43 bits per heavy atom. The molecule has 1 heterocycles. The Kier molecular flexibility index (Phi) is 5.48. The van der Waals surface area contributed by atoms with E-state index in [-0.39, 0.29) is 5.78 Å². The van der Waals surface area contributed by atoms with Gasteiger partial charge in [0.05, 0.1) is 18.6 Å². The highest BCUT2D eigenvalue weighted by molar-refractivity contribution is 6.06. The van der Waals surface area contributed by atoms with Crippen LogP contribution in [0, 0.1) is 6.92 Å². The Morgan fingerprint density at radius 3 is 2.03 bits per heavy atom. The Labute approximate surface area is 175 Å². The van der Waals surface area contributed by atoms with Gasteiger partial charge in [-0.1, -0.05) is 90.5 Å². The number of Topliss-reactive ketones (excluding diaryl/α,β-unsaturated/α-hetero) is 1. The molecule has 0 aromatic heterocycles. The van der Waals surface area contributed by atoms with Crippen molar-refractivity contribution in [1.29, 1.82) is 0 Å². The van der Waals surface area contributed by atoms with E-state index in [0.29, 0.717) is 16.9 Å². The Balaban J connectivity index is 1.88. The SMILES string of the molecule is COC(=O)C1=C(c2ccccc2)OC(C(=O)c2ccccc2)C1c1ccc(C)cc1. The molecular weight excluding hydrogens is 376 g/mol. The van der Waals surface area contributed by atoms with Crippen molar-refractivity contribution >= 4 is 17.5 Å². The van der Waals surface area contributed by atoms with Gasteiger partial charge in [-0.25, -0.2) is 4.79 Å². The average molecular weight is 398 g/mol. The predicted molar refractivity (Wildman–Crippen MR) is 115 cm³/mol. The molecule has 1 aliphatic rings. The van der Waals surface area contributed by atoms with E-state index < -0.39 is 18.0 Å². The number of carbonyl (C=O) groups excluding carboxylic acids is 2. The second-order valence-electron chi connectivity index (χ2n) is 7.26. The first-order valence-corrected chi connectivity index (χ1v) is 9.80. The predicted octanol–water partition coefficient (Wildman–Crippen LogP) is 4.94. The van der Waals surface area contributed by atoms with Crippen molar-refractivity contribution in [3.8, 4) is 0 Å². The highest BCUT2D eigenvalue weighted by Crippen LogP contribution is 2.44. The van der Waals surface area contributed by atoms with E-state index in [1.54, 1.807) is 12.1 Å². The maximum absolute atomic E-state index is 13.4. The number of ketones is 1. The van der Waals surface area contributed by atoms with Gasteiger partial charge in [-0.15, -0.1) is 0 Å². The molecule has 4 heteroatoms. The van der Waals surface area contributed by atoms with Crippen LogP contribution in [0.2, 0.25) is 0 Å². The quantitative estimate of drug-likeness (QED) is 0.451. The Morgan fingerprint density at radius 1 is 0.833 bits per heavy atom. The van der Waals surface area contributed by atoms with E-state index in [0.717, 1.165) is 16.7 Å². The average Bonchev–Trinajstić information content (AvgIpc) is 3.20. The molecule has 3 aromatic carbocycles. The summed E-state index contributed by atoms with van der Waals surface area (Å²) in [5.74, 6) is -0.848. The summed E-state index contributed by atoms with van der Waals surface area (Å²) in [5, 5.41) is 0. The molecule has 2 atom stereocenters. The molecule has 2 unspecified atom stereocenters. The van der Waals surface area contributed by atoms with Crippen molar-refractivity contribution in [2.45, 2.75) is 18.9 Å². The first-order valence-electron chi connectivity index (χ1n) is 9.80. The molecule has 150 valence electrons. The number of methoxy groups -OCH3 is 1. The van der Waals surface area contributed by atoms with Gasteiger partial charge in [-0.2, -0.15) is 0 Å². The normalized spacial score (nSPS) is 18.1. The van der Waals surface area contributed by atoms with Crippen molar-refractivity contribution in [3.05, 3.63) is 113 Å². The van der Waals surface area contributed by atoms with Crippen LogP contribution in [0.25, 0.3) is 5.76 Å². The van der Waals surface area contributed by atoms with Crippen LogP contribution in [0.15, 0.2) is 90.5 Å². The van der Waals surface area contributed by atoms with Gasteiger partial charge in [0.2, 0.25) is 5.78 Å². The molecular formula is C26H22O4. The van der Waals surface area contributed by atoms with Crippen LogP contribution in [0.3, 0.4) is 0 Å². The van der Waals surface area contributed by atoms with Crippen LogP contribution >= 0.6 is 0 Å². The number of rotatable bonds is 5. The lowest BCUT2D eigenvalue weighted by Gasteiger charge is -2.20. The monoisotopic (exact) mass is 398 g/mol. The first kappa shape index (κ1) is 19.6. The smallest absolute Gasteiger partial charge is 0.338 e. The number of aryl methyl sites for hydroxylation is 1. The summed E-state index contributed by atoms with van der Waals surface area (Å²) in [6.45, 7) is 1.99. The van der Waals surface area contributed by atoms with Crippen molar-refractivity contribution in [3.63, 3.8) is 0 Å². The highest BCUT2D eigenvalue weighted by atomic mass is 16.5. The Hall–Kier alpha value is -3.66. The molecule has 0 aliphatic carbocycles. The zero-order chi connectivity index (χ0) is 21.1. The fourth-order valence-corrected chi connectivity index (χ4v) is 3.78. The number of hydrogen-bond donors (Lipinski definition) is 0. The second-order valence-corrected chi connectivity index (χ2v) is 7.26. The summed E-state index contributed by atoms with van der Waals surface area (Å²) in [6, 6.07) is 26.2. The number of benzene rings is 3. The van der Waals surface area contributed by atoms with Gasteiger partial charge in [0, 0.05) is 11.1 Å². The molecule has 0 bridgehead atoms. The van der Waals surface area contributed by atoms with Gasteiger partial charge >= 0.3 is 5.97 Å². The molecule has 3 aromatic rings. The fraction of sp³-hybridized carbons (Fsp3) is 0.154. The lowest BCUT2D eigenvalue weighted by atomic mass is 9.83. The molecule has 0 amide bonds. The number of esters is 1. The third kappa shape index (κ3) is 3.64. The molecule has 0 N–H and O–H groups in total. The minimum Gasteiger partial charge on any atom is -0.480 e. The van der Waals surface area contributed by atoms with Crippen LogP contribution < -0.4 is 0 Å². The number of hydrogen-bond acceptors (Lipinski definition) is 4. The van der Waals surface area contributed by atoms with Gasteiger partial charge in [0.1, 0.15) is 5.76 Å². The standard InChI is InChI=1S/C26H22O4/c1-17-13-15-18(16-14-17)21-22(26(28)29-2)24(20-11-7-4-8-12-20)30-25(21)23(27)19-9-5-3-6-10-19/h3-16,21,25H,1-2H3. The summed E-state index contributed by atoms with van der Waals surface area (Å²) in [4.78, 5) is 26.3. The van der Waals surface area contributed by atoms with Crippen molar-refractivity contribution in [2.75, 3.05) is 7.11 Å². The van der Waals surface area contributed by atoms with E-state index in [9.17, 15) is 9.59 Å². The van der Waals surface area contributed by atoms with Gasteiger partial charge < -0.3 is 9.47 Å². The zero-order valence-electron chi connectivity index (χ0n) is 16.9. The second kappa shape index (κ2) is 8.37. The number of carbonyl (C=O) groups is 2. The van der Waals surface area contributed by atoms with E-state index in [1.807, 2.05) is 79.7 Å². The van der Waals surface area contributed by atoms with Gasteiger partial charge in [0.15, 0.2) is 6.10 Å². The lowest BCUT2D eigenvalue weighted by molar-refractivity contribution is -0.136. The zero-order valence-corrected chi connectivity index (χ0v) is 16.9. The van der Waals surface area contributed by atoms with Crippen LogP contribution in [0.5, 0.6) is 0 Å². The van der Waals surface area contributed by atoms with Gasteiger partial charge in [-0.3, -0.25) is 4.79 Å². The molecule has 0 saturated heterocycles. The summed E-state index contributed by atoms with van der Waals surface area (Å²) < 4.78 is 11.3. The minimum absolute atomic E-state index is 0.173. The van der Waals surface area contributed by atoms with Crippen LogP contribution in [-0.4, -0.2) is 25.0 Å². The molecule has 4 rings (SSSR count). The van der Waals surface area contributed by atoms with Gasteiger partial charge in [-0.05, 0) is 12.5 Å². The molecule has 4 nitrogen and oxygen atoms in total. The van der Waals surface area contributed by atoms with Crippen molar-refractivity contribution in [2.24, 2.45) is 0 Å². The van der Waals surface area contributed by atoms with E-state index in [2.05, 4.69) is 0 Å². The molecule has 30 heavy (non-hydrogen) atoms. The third-order valence-corrected chi connectivity index (χ3v) is 5.30. The van der Waals surface area contributed by atoms with Crippen LogP contribution in [-0.2, 0) is 14.3 Å². The molecule has 0 radical (unpaired) electrons. The topological polar surface area (TPSA) is 52.6 Å². The molecule has 0 spiro atoms. The summed E-state index contributed by atoms with van der Waals surface area (Å²) in [5.41, 5.74) is 3.56. The maximum atomic E-state index is 13.4. The van der Waals surface area contributed by atoms with Crippen LogP contribution in [0.1, 0.15) is 33.0 Å². The van der Waals surface area contributed by atoms with E-state index >= 15 is 0 Å². The Bertz CT molecular complexity index is 1080. The fourth-order valence-electron chi connectivity index (χ4n) is 3.78. The van der Waals surface area contributed by atoms with Gasteiger partial charge in [0.25, 0.3) is 0 Å². The highest BCUT2D eigenvalue weighted by Gasteiger charge is 2.46. The summed E-state index contributed by atoms with van der Waals surface area (Å²) in [6.07, 6.45) is -0.862. The largest absolute Gasteiger partial charge is 0.480 e.